The van der Waals surface area contributed by atoms with Crippen molar-refractivity contribution in [3.8, 4) is 0 Å². The van der Waals surface area contributed by atoms with Gasteiger partial charge < -0.3 is 15.5 Å². The smallest absolute Gasteiger partial charge is 0.376 e. The first-order chi connectivity index (χ1) is 6.72. The normalized spacial score (nSPS) is 10.4. The monoisotopic (exact) mass is 193 g/mol. The number of carbonyl (C=O) groups is 1. The fourth-order valence-corrected chi connectivity index (χ4v) is 1.04. The number of esters is 1. The van der Waals surface area contributed by atoms with Crippen molar-refractivity contribution in [2.75, 3.05) is 12.8 Å². The van der Waals surface area contributed by atoms with E-state index in [9.17, 15) is 4.79 Å². The number of rotatable bonds is 1. The van der Waals surface area contributed by atoms with Crippen LogP contribution in [0.4, 0.5) is 5.82 Å². The van der Waals surface area contributed by atoms with Gasteiger partial charge in [-0.15, -0.1) is 0 Å². The van der Waals surface area contributed by atoms with E-state index < -0.39 is 5.97 Å². The molecule has 0 aliphatic rings. The molecule has 7 nitrogen and oxygen atoms in total. The minimum absolute atomic E-state index is 0.0930. The molecule has 0 aliphatic heterocycles. The van der Waals surface area contributed by atoms with Crippen molar-refractivity contribution >= 4 is 23.0 Å². The average molecular weight is 193 g/mol. The van der Waals surface area contributed by atoms with Crippen molar-refractivity contribution in [2.24, 2.45) is 0 Å². The summed E-state index contributed by atoms with van der Waals surface area (Å²) in [4.78, 5) is 25.3. The Hall–Kier alpha value is -2.18. The number of methoxy groups -OCH3 is 1. The van der Waals surface area contributed by atoms with Crippen LogP contribution in [0.5, 0.6) is 0 Å². The first-order valence-electron chi connectivity index (χ1n) is 3.77. The lowest BCUT2D eigenvalue weighted by Crippen LogP contribution is -2.09. The molecule has 7 heteroatoms. The number of aromatic nitrogens is 4. The second-order valence-corrected chi connectivity index (χ2v) is 2.53. The predicted octanol–water partition coefficient (Wildman–Crippen LogP) is -0.278. The Morgan fingerprint density at radius 1 is 1.57 bits per heavy atom. The van der Waals surface area contributed by atoms with Crippen molar-refractivity contribution < 1.29 is 9.53 Å². The number of fused-ring (bicyclic) bond motifs is 1. The fraction of sp³-hybridized carbons (Fsp3) is 0.143. The van der Waals surface area contributed by atoms with E-state index in [2.05, 4.69) is 24.7 Å². The van der Waals surface area contributed by atoms with Gasteiger partial charge in [0, 0.05) is 0 Å². The molecule has 2 aromatic heterocycles. The largest absolute Gasteiger partial charge is 0.463 e. The van der Waals surface area contributed by atoms with Gasteiger partial charge in [0.15, 0.2) is 11.5 Å². The molecule has 0 fully saturated rings. The Morgan fingerprint density at radius 2 is 2.36 bits per heavy atom. The van der Waals surface area contributed by atoms with Crippen LogP contribution in [0.15, 0.2) is 6.33 Å². The molecule has 0 saturated carbocycles. The van der Waals surface area contributed by atoms with Gasteiger partial charge in [-0.25, -0.2) is 19.7 Å². The number of H-pyrrole nitrogens is 1. The highest BCUT2D eigenvalue weighted by Gasteiger charge is 2.13. The van der Waals surface area contributed by atoms with Crippen LogP contribution in [0.3, 0.4) is 0 Å². The van der Waals surface area contributed by atoms with Gasteiger partial charge in [-0.1, -0.05) is 0 Å². The minimum Gasteiger partial charge on any atom is -0.463 e. The second kappa shape index (κ2) is 2.95. The third-order valence-corrected chi connectivity index (χ3v) is 1.68. The third-order valence-electron chi connectivity index (χ3n) is 1.68. The molecule has 0 unspecified atom stereocenters. The number of anilines is 1. The number of hydrogen-bond acceptors (Lipinski definition) is 6. The van der Waals surface area contributed by atoms with Crippen LogP contribution in [-0.2, 0) is 4.74 Å². The first kappa shape index (κ1) is 8.42. The van der Waals surface area contributed by atoms with Crippen molar-refractivity contribution in [3.63, 3.8) is 0 Å². The van der Waals surface area contributed by atoms with Gasteiger partial charge in [-0.3, -0.25) is 0 Å². The van der Waals surface area contributed by atoms with Gasteiger partial charge in [0.1, 0.15) is 5.52 Å². The zero-order valence-corrected chi connectivity index (χ0v) is 7.31. The Kier molecular flexibility index (Phi) is 1.77. The molecule has 3 N–H and O–H groups in total. The Balaban J connectivity index is 2.64. The Morgan fingerprint density at radius 3 is 3.07 bits per heavy atom. The zero-order chi connectivity index (χ0) is 10.1. The van der Waals surface area contributed by atoms with Crippen molar-refractivity contribution in [2.45, 2.75) is 0 Å². The number of ether oxygens (including phenoxy) is 1. The molecule has 0 aliphatic carbocycles. The van der Waals surface area contributed by atoms with Crippen LogP contribution >= 0.6 is 0 Å². The van der Waals surface area contributed by atoms with E-state index in [0.717, 1.165) is 0 Å². The van der Waals surface area contributed by atoms with Crippen LogP contribution in [0.2, 0.25) is 0 Å². The fourth-order valence-electron chi connectivity index (χ4n) is 1.04. The number of nitrogen functional groups attached to an aromatic ring is 1. The molecule has 0 bridgehead atoms. The Bertz CT molecular complexity index is 492. The number of aromatic amines is 1. The number of hydrogen-bond donors (Lipinski definition) is 2. The summed E-state index contributed by atoms with van der Waals surface area (Å²) in [5, 5.41) is 0. The van der Waals surface area contributed by atoms with Crippen molar-refractivity contribution in [3.05, 3.63) is 12.2 Å². The van der Waals surface area contributed by atoms with E-state index in [4.69, 9.17) is 5.73 Å². The van der Waals surface area contributed by atoms with Crippen LogP contribution < -0.4 is 5.73 Å². The molecular weight excluding hydrogens is 186 g/mol. The maximum atomic E-state index is 11.1. The number of carbonyl (C=O) groups excluding carboxylic acids is 1. The molecular formula is C7H7N5O2. The summed E-state index contributed by atoms with van der Waals surface area (Å²) in [6, 6.07) is 0. The summed E-state index contributed by atoms with van der Waals surface area (Å²) in [7, 11) is 1.25. The van der Waals surface area contributed by atoms with E-state index in [1.165, 1.54) is 13.4 Å². The number of nitrogens with two attached hydrogens (primary N) is 1. The van der Waals surface area contributed by atoms with Gasteiger partial charge >= 0.3 is 5.97 Å². The van der Waals surface area contributed by atoms with Crippen molar-refractivity contribution in [1.29, 1.82) is 0 Å². The van der Waals surface area contributed by atoms with E-state index in [0.29, 0.717) is 11.2 Å². The van der Waals surface area contributed by atoms with Crippen LogP contribution in [0.25, 0.3) is 11.2 Å². The lowest BCUT2D eigenvalue weighted by Gasteiger charge is -1.98. The van der Waals surface area contributed by atoms with Gasteiger partial charge in [0.2, 0.25) is 5.82 Å². The predicted molar refractivity (Wildman–Crippen MR) is 47.4 cm³/mol. The molecule has 0 spiro atoms. The summed E-state index contributed by atoms with van der Waals surface area (Å²) in [5.74, 6) is -0.556. The van der Waals surface area contributed by atoms with E-state index in [1.807, 2.05) is 0 Å². The van der Waals surface area contributed by atoms with E-state index in [-0.39, 0.29) is 11.6 Å². The topological polar surface area (TPSA) is 107 Å². The molecule has 0 radical (unpaired) electrons. The SMILES string of the molecule is COC(=O)c1nc(N)c2[nH]cnc2n1. The highest BCUT2D eigenvalue weighted by Crippen LogP contribution is 2.12. The standard InChI is InChI=1S/C7H7N5O2/c1-14-7(13)6-11-4(8)3-5(12-6)10-2-9-3/h2H,1H3,(H3,8,9,10,11,12). The molecule has 72 valence electrons. The number of nitrogens with zero attached hydrogens (tertiary/aromatic N) is 3. The number of nitrogens with one attached hydrogen (secondary N) is 1. The van der Waals surface area contributed by atoms with Crippen molar-refractivity contribution in [1.82, 2.24) is 19.9 Å². The molecule has 0 atom stereocenters. The number of imidazole rings is 1. The average Bonchev–Trinajstić information content (AvgIpc) is 2.64. The summed E-state index contributed by atoms with van der Waals surface area (Å²) < 4.78 is 4.46. The summed E-state index contributed by atoms with van der Waals surface area (Å²) in [5.41, 5.74) is 6.42. The summed E-state index contributed by atoms with van der Waals surface area (Å²) in [6.07, 6.45) is 1.43. The second-order valence-electron chi connectivity index (χ2n) is 2.53. The molecule has 0 amide bonds. The van der Waals surface area contributed by atoms with Gasteiger partial charge in [0.25, 0.3) is 0 Å². The maximum Gasteiger partial charge on any atom is 0.376 e. The minimum atomic E-state index is -0.637. The highest BCUT2D eigenvalue weighted by atomic mass is 16.5. The molecule has 2 rings (SSSR count). The maximum absolute atomic E-state index is 11.1. The molecule has 2 aromatic rings. The van der Waals surface area contributed by atoms with Gasteiger partial charge in [0.05, 0.1) is 13.4 Å². The molecule has 0 saturated heterocycles. The summed E-state index contributed by atoms with van der Waals surface area (Å²) in [6.45, 7) is 0. The van der Waals surface area contributed by atoms with Gasteiger partial charge in [-0.2, -0.15) is 0 Å². The molecule has 0 aromatic carbocycles. The van der Waals surface area contributed by atoms with Crippen LogP contribution in [0.1, 0.15) is 10.6 Å². The van der Waals surface area contributed by atoms with E-state index in [1.54, 1.807) is 0 Å². The Labute approximate surface area is 78.3 Å². The van der Waals surface area contributed by atoms with E-state index >= 15 is 0 Å². The highest BCUT2D eigenvalue weighted by molar-refractivity contribution is 5.90. The summed E-state index contributed by atoms with van der Waals surface area (Å²) >= 11 is 0. The first-order valence-corrected chi connectivity index (χ1v) is 3.77. The quantitative estimate of drug-likeness (QED) is 0.603. The molecule has 14 heavy (non-hydrogen) atoms. The van der Waals surface area contributed by atoms with Gasteiger partial charge in [-0.05, 0) is 0 Å². The lowest BCUT2D eigenvalue weighted by atomic mass is 10.4. The lowest BCUT2D eigenvalue weighted by molar-refractivity contribution is 0.0587. The van der Waals surface area contributed by atoms with Crippen LogP contribution in [0, 0.1) is 0 Å². The van der Waals surface area contributed by atoms with Crippen LogP contribution in [-0.4, -0.2) is 33.0 Å². The third kappa shape index (κ3) is 1.15. The zero-order valence-electron chi connectivity index (χ0n) is 7.31. The molecule has 2 heterocycles.